The Balaban J connectivity index is 2.97. The van der Waals surface area contributed by atoms with Crippen LogP contribution in [0.1, 0.15) is 4.88 Å². The Morgan fingerprint density at radius 1 is 1.44 bits per heavy atom. The van der Waals surface area contributed by atoms with E-state index < -0.39 is 15.8 Å². The molecule has 0 unspecified atom stereocenters. The van der Waals surface area contributed by atoms with Gasteiger partial charge in [-0.05, 0) is 18.2 Å². The van der Waals surface area contributed by atoms with E-state index in [1.807, 2.05) is 0 Å². The lowest BCUT2D eigenvalue weighted by Crippen LogP contribution is -2.12. The summed E-state index contributed by atoms with van der Waals surface area (Å²) < 4.78 is 35.9. The summed E-state index contributed by atoms with van der Waals surface area (Å²) in [7, 11) is -3.98. The predicted molar refractivity (Wildman–Crippen MR) is 57.9 cm³/mol. The smallest absolute Gasteiger partial charge is 0.225 e. The van der Waals surface area contributed by atoms with E-state index in [2.05, 4.69) is 0 Å². The van der Waals surface area contributed by atoms with Crippen molar-refractivity contribution >= 4 is 31.4 Å². The van der Waals surface area contributed by atoms with Crippen LogP contribution in [-0.2, 0) is 10.0 Å². The Morgan fingerprint density at radius 3 is 2.69 bits per heavy atom. The number of nitrogens with zero attached hydrogens (tertiary/aromatic N) is 1. The van der Waals surface area contributed by atoms with Crippen molar-refractivity contribution in [3.63, 3.8) is 0 Å². The molecule has 2 rings (SSSR count). The highest BCUT2D eigenvalue weighted by Gasteiger charge is 2.21. The predicted octanol–water partition coefficient (Wildman–Crippen LogP) is 1.56. The number of benzene rings is 1. The van der Waals surface area contributed by atoms with Gasteiger partial charge in [0, 0.05) is 10.1 Å². The van der Waals surface area contributed by atoms with Crippen LogP contribution in [-0.4, -0.2) is 8.42 Å². The summed E-state index contributed by atoms with van der Waals surface area (Å²) in [6.45, 7) is 0. The lowest BCUT2D eigenvalue weighted by molar-refractivity contribution is 0.598. The Hall–Kier alpha value is -1.49. The number of halogens is 1. The molecule has 1 heterocycles. The average molecular weight is 256 g/mol. The maximum absolute atomic E-state index is 12.9. The van der Waals surface area contributed by atoms with Crippen molar-refractivity contribution in [1.29, 1.82) is 5.26 Å². The van der Waals surface area contributed by atoms with Crippen molar-refractivity contribution < 1.29 is 12.8 Å². The van der Waals surface area contributed by atoms with Crippen LogP contribution in [0.3, 0.4) is 0 Å². The molecule has 0 aliphatic rings. The number of sulfonamides is 1. The zero-order chi connectivity index (χ0) is 11.9. The first-order valence-electron chi connectivity index (χ1n) is 4.08. The first kappa shape index (κ1) is 11.0. The van der Waals surface area contributed by atoms with E-state index in [0.29, 0.717) is 4.70 Å². The molecule has 0 radical (unpaired) electrons. The van der Waals surface area contributed by atoms with Crippen LogP contribution in [0.2, 0.25) is 0 Å². The van der Waals surface area contributed by atoms with E-state index >= 15 is 0 Å². The molecule has 0 atom stereocenters. The molecule has 0 bridgehead atoms. The average Bonchev–Trinajstić information content (AvgIpc) is 2.54. The Bertz CT molecular complexity index is 713. The van der Waals surface area contributed by atoms with Gasteiger partial charge < -0.3 is 0 Å². The molecule has 2 aromatic rings. The molecular formula is C9H5FN2O2S2. The summed E-state index contributed by atoms with van der Waals surface area (Å²) >= 11 is 0.905. The zero-order valence-electron chi connectivity index (χ0n) is 7.77. The van der Waals surface area contributed by atoms with Gasteiger partial charge >= 0.3 is 0 Å². The number of primary sulfonamides is 1. The second-order valence-electron chi connectivity index (χ2n) is 3.06. The van der Waals surface area contributed by atoms with Crippen molar-refractivity contribution in [2.75, 3.05) is 0 Å². The van der Waals surface area contributed by atoms with E-state index in [0.717, 1.165) is 17.4 Å². The van der Waals surface area contributed by atoms with Crippen LogP contribution in [0.5, 0.6) is 0 Å². The summed E-state index contributed by atoms with van der Waals surface area (Å²) in [4.78, 5) is -0.252. The van der Waals surface area contributed by atoms with E-state index in [9.17, 15) is 12.8 Å². The van der Waals surface area contributed by atoms with Gasteiger partial charge in [-0.3, -0.25) is 0 Å². The minimum Gasteiger partial charge on any atom is -0.225 e. The first-order valence-corrected chi connectivity index (χ1v) is 6.44. The third-order valence-corrected chi connectivity index (χ3v) is 4.17. The number of nitrogens with two attached hydrogens (primary N) is 1. The van der Waals surface area contributed by atoms with Crippen LogP contribution in [0.4, 0.5) is 4.39 Å². The molecule has 2 N–H and O–H groups in total. The van der Waals surface area contributed by atoms with Gasteiger partial charge in [-0.2, -0.15) is 5.26 Å². The van der Waals surface area contributed by atoms with Crippen LogP contribution >= 0.6 is 11.3 Å². The lowest BCUT2D eigenvalue weighted by atomic mass is 10.2. The largest absolute Gasteiger partial charge is 0.240 e. The molecule has 0 fully saturated rings. The summed E-state index contributed by atoms with van der Waals surface area (Å²) in [5.74, 6) is -0.487. The second-order valence-corrected chi connectivity index (χ2v) is 5.61. The van der Waals surface area contributed by atoms with Crippen molar-refractivity contribution in [3.05, 3.63) is 28.9 Å². The molecule has 1 aromatic heterocycles. The standard InChI is InChI=1S/C9H5FN2O2S2/c10-5-1-2-6-7(3-5)15-8(4-11)9(6)16(12,13)14/h1-3H,(H2,12,13,14). The van der Waals surface area contributed by atoms with Gasteiger partial charge in [0.2, 0.25) is 10.0 Å². The number of nitriles is 1. The van der Waals surface area contributed by atoms with Gasteiger partial charge in [0.25, 0.3) is 0 Å². The van der Waals surface area contributed by atoms with Gasteiger partial charge in [0.05, 0.1) is 0 Å². The molecule has 0 aliphatic carbocycles. The van der Waals surface area contributed by atoms with Gasteiger partial charge in [0.15, 0.2) is 0 Å². The zero-order valence-corrected chi connectivity index (χ0v) is 9.40. The minimum absolute atomic E-state index is 0.0249. The summed E-state index contributed by atoms with van der Waals surface area (Å²) in [5.41, 5.74) is 0. The highest BCUT2D eigenvalue weighted by Crippen LogP contribution is 2.33. The highest BCUT2D eigenvalue weighted by molar-refractivity contribution is 7.89. The molecule has 1 aromatic carbocycles. The maximum atomic E-state index is 12.9. The van der Waals surface area contributed by atoms with Crippen LogP contribution in [0, 0.1) is 17.1 Å². The first-order chi connectivity index (χ1) is 7.43. The number of rotatable bonds is 1. The topological polar surface area (TPSA) is 83.9 Å². The van der Waals surface area contributed by atoms with E-state index in [-0.39, 0.29) is 15.2 Å². The van der Waals surface area contributed by atoms with Crippen molar-refractivity contribution in [3.8, 4) is 6.07 Å². The third kappa shape index (κ3) is 1.67. The fourth-order valence-corrected chi connectivity index (χ4v) is 3.65. The third-order valence-electron chi connectivity index (χ3n) is 1.99. The summed E-state index contributed by atoms with van der Waals surface area (Å²) in [6.07, 6.45) is 0. The van der Waals surface area contributed by atoms with Gasteiger partial charge in [-0.25, -0.2) is 17.9 Å². The number of fused-ring (bicyclic) bond motifs is 1. The van der Waals surface area contributed by atoms with Crippen LogP contribution in [0.15, 0.2) is 23.1 Å². The van der Waals surface area contributed by atoms with Crippen LogP contribution in [0.25, 0.3) is 10.1 Å². The Kier molecular flexibility index (Phi) is 2.42. The highest BCUT2D eigenvalue weighted by atomic mass is 32.2. The number of hydrogen-bond donors (Lipinski definition) is 1. The van der Waals surface area contributed by atoms with Gasteiger partial charge in [0.1, 0.15) is 21.7 Å². The van der Waals surface area contributed by atoms with Crippen molar-refractivity contribution in [1.82, 2.24) is 0 Å². The quantitative estimate of drug-likeness (QED) is 0.840. The molecule has 0 aliphatic heterocycles. The Morgan fingerprint density at radius 2 is 2.12 bits per heavy atom. The molecule has 82 valence electrons. The van der Waals surface area contributed by atoms with E-state index in [4.69, 9.17) is 10.4 Å². The molecule has 0 spiro atoms. The van der Waals surface area contributed by atoms with Gasteiger partial charge in [-0.1, -0.05) is 0 Å². The van der Waals surface area contributed by atoms with Gasteiger partial charge in [-0.15, -0.1) is 11.3 Å². The molecule has 0 amide bonds. The molecule has 0 saturated carbocycles. The van der Waals surface area contributed by atoms with Crippen molar-refractivity contribution in [2.45, 2.75) is 4.90 Å². The molecule has 7 heteroatoms. The summed E-state index contributed by atoms with van der Waals surface area (Å²) in [6, 6.07) is 5.36. The van der Waals surface area contributed by atoms with E-state index in [1.54, 1.807) is 6.07 Å². The fraction of sp³-hybridized carbons (Fsp3) is 0. The molecule has 16 heavy (non-hydrogen) atoms. The normalized spacial score (nSPS) is 11.6. The van der Waals surface area contributed by atoms with Crippen LogP contribution < -0.4 is 5.14 Å². The second kappa shape index (κ2) is 3.52. The van der Waals surface area contributed by atoms with Crippen molar-refractivity contribution in [2.24, 2.45) is 5.14 Å². The lowest BCUT2D eigenvalue weighted by Gasteiger charge is -1.96. The molecule has 0 saturated heterocycles. The number of hydrogen-bond acceptors (Lipinski definition) is 4. The minimum atomic E-state index is -3.98. The summed E-state index contributed by atoms with van der Waals surface area (Å²) in [5, 5.41) is 14.1. The fourth-order valence-electron chi connectivity index (χ4n) is 1.40. The SMILES string of the molecule is N#Cc1sc2cc(F)ccc2c1S(N)(=O)=O. The maximum Gasteiger partial charge on any atom is 0.240 e. The monoisotopic (exact) mass is 256 g/mol. The molecule has 4 nitrogen and oxygen atoms in total. The number of thiophene rings is 1. The van der Waals surface area contributed by atoms with E-state index in [1.165, 1.54) is 12.1 Å². The molecular weight excluding hydrogens is 251 g/mol. The Labute approximate surface area is 94.8 Å².